The molecule has 0 atom stereocenters. The number of hydrogen-bond acceptors (Lipinski definition) is 5. The van der Waals surface area contributed by atoms with E-state index < -0.39 is 5.97 Å². The predicted molar refractivity (Wildman–Crippen MR) is 124 cm³/mol. The van der Waals surface area contributed by atoms with Crippen LogP contribution in [0.25, 0.3) is 0 Å². The van der Waals surface area contributed by atoms with Gasteiger partial charge in [-0.05, 0) is 36.2 Å². The van der Waals surface area contributed by atoms with E-state index in [9.17, 15) is 14.4 Å². The van der Waals surface area contributed by atoms with Crippen molar-refractivity contribution in [2.45, 2.75) is 25.8 Å². The van der Waals surface area contributed by atoms with E-state index >= 15 is 0 Å². The van der Waals surface area contributed by atoms with Gasteiger partial charge in [0.2, 0.25) is 0 Å². The van der Waals surface area contributed by atoms with Crippen LogP contribution in [0.3, 0.4) is 0 Å². The van der Waals surface area contributed by atoms with Crippen LogP contribution in [0.4, 0.5) is 5.69 Å². The lowest BCUT2D eigenvalue weighted by atomic mass is 9.95. The first kappa shape index (κ1) is 22.3. The van der Waals surface area contributed by atoms with Crippen LogP contribution in [0.2, 0.25) is 0 Å². The van der Waals surface area contributed by atoms with Crippen molar-refractivity contribution in [1.29, 1.82) is 0 Å². The van der Waals surface area contributed by atoms with E-state index in [2.05, 4.69) is 0 Å². The Morgan fingerprint density at radius 3 is 2.18 bits per heavy atom. The van der Waals surface area contributed by atoms with Crippen LogP contribution < -0.4 is 9.64 Å². The molecule has 0 unspecified atom stereocenters. The summed E-state index contributed by atoms with van der Waals surface area (Å²) in [5.41, 5.74) is 2.85. The van der Waals surface area contributed by atoms with Gasteiger partial charge in [-0.2, -0.15) is 0 Å². The Kier molecular flexibility index (Phi) is 6.83. The topological polar surface area (TPSA) is 72.9 Å². The Morgan fingerprint density at radius 2 is 1.58 bits per heavy atom. The van der Waals surface area contributed by atoms with Gasteiger partial charge in [0, 0.05) is 12.0 Å². The Balaban J connectivity index is 1.72. The van der Waals surface area contributed by atoms with Crippen LogP contribution >= 0.6 is 0 Å². The van der Waals surface area contributed by atoms with Crippen LogP contribution in [0.15, 0.2) is 78.9 Å². The molecule has 1 aliphatic heterocycles. The van der Waals surface area contributed by atoms with Gasteiger partial charge >= 0.3 is 5.97 Å². The number of ketones is 1. The van der Waals surface area contributed by atoms with E-state index in [0.717, 1.165) is 11.1 Å². The molecule has 0 fully saturated rings. The fourth-order valence-corrected chi connectivity index (χ4v) is 3.98. The van der Waals surface area contributed by atoms with Crippen molar-refractivity contribution in [2.75, 3.05) is 18.1 Å². The molecule has 6 nitrogen and oxygen atoms in total. The number of ether oxygens (including phenoxy) is 2. The summed E-state index contributed by atoms with van der Waals surface area (Å²) in [7, 11) is 0. The summed E-state index contributed by atoms with van der Waals surface area (Å²) in [5, 5.41) is 0. The highest BCUT2D eigenvalue weighted by atomic mass is 16.5. The quantitative estimate of drug-likeness (QED) is 0.372. The van der Waals surface area contributed by atoms with E-state index in [0.29, 0.717) is 17.0 Å². The standard InChI is InChI=1S/C27H25NO5/c1-2-32-26(31)16-14-23(29)21-13-15-24-22(17-21)28(25(30)18-33-24)27(19-9-5-3-6-10-19)20-11-7-4-8-12-20/h3-13,15,17,27H,2,14,16,18H2,1H3. The maximum Gasteiger partial charge on any atom is 0.306 e. The number of fused-ring (bicyclic) bond motifs is 1. The average molecular weight is 443 g/mol. The number of carbonyl (C=O) groups is 3. The molecule has 1 heterocycles. The van der Waals surface area contributed by atoms with Gasteiger partial charge in [-0.1, -0.05) is 60.7 Å². The summed E-state index contributed by atoms with van der Waals surface area (Å²) in [6, 6.07) is 24.2. The molecule has 33 heavy (non-hydrogen) atoms. The van der Waals surface area contributed by atoms with Crippen molar-refractivity contribution in [3.63, 3.8) is 0 Å². The molecule has 0 bridgehead atoms. The van der Waals surface area contributed by atoms with E-state index in [4.69, 9.17) is 9.47 Å². The zero-order valence-corrected chi connectivity index (χ0v) is 18.4. The molecule has 3 aromatic rings. The zero-order valence-electron chi connectivity index (χ0n) is 18.4. The molecular formula is C27H25NO5. The third kappa shape index (κ3) is 4.95. The molecule has 1 amide bonds. The van der Waals surface area contributed by atoms with Gasteiger partial charge in [-0.25, -0.2) is 0 Å². The van der Waals surface area contributed by atoms with Crippen molar-refractivity contribution in [3.05, 3.63) is 95.6 Å². The smallest absolute Gasteiger partial charge is 0.306 e. The van der Waals surface area contributed by atoms with Crippen molar-refractivity contribution in [1.82, 2.24) is 0 Å². The summed E-state index contributed by atoms with van der Waals surface area (Å²) in [5.74, 6) is -0.262. The Morgan fingerprint density at radius 1 is 0.939 bits per heavy atom. The normalized spacial score (nSPS) is 12.8. The van der Waals surface area contributed by atoms with Crippen LogP contribution in [-0.2, 0) is 14.3 Å². The maximum atomic E-state index is 13.2. The summed E-state index contributed by atoms with van der Waals surface area (Å²) in [6.45, 7) is 1.92. The number of nitrogens with zero attached hydrogens (tertiary/aromatic N) is 1. The number of rotatable bonds is 8. The number of hydrogen-bond donors (Lipinski definition) is 0. The number of benzene rings is 3. The van der Waals surface area contributed by atoms with Crippen molar-refractivity contribution < 1.29 is 23.9 Å². The highest BCUT2D eigenvalue weighted by molar-refractivity contribution is 6.03. The van der Waals surface area contributed by atoms with Crippen molar-refractivity contribution in [3.8, 4) is 5.75 Å². The molecule has 3 aromatic carbocycles. The van der Waals surface area contributed by atoms with Crippen molar-refractivity contribution >= 4 is 23.3 Å². The maximum absolute atomic E-state index is 13.2. The largest absolute Gasteiger partial charge is 0.482 e. The van der Waals surface area contributed by atoms with E-state index in [1.54, 1.807) is 30.0 Å². The predicted octanol–water partition coefficient (Wildman–Crippen LogP) is 4.73. The monoisotopic (exact) mass is 443 g/mol. The van der Waals surface area contributed by atoms with E-state index in [1.165, 1.54) is 0 Å². The molecule has 1 aliphatic rings. The van der Waals surface area contributed by atoms with Gasteiger partial charge in [-0.3, -0.25) is 19.3 Å². The molecule has 0 radical (unpaired) electrons. The summed E-state index contributed by atoms with van der Waals surface area (Å²) in [6.07, 6.45) is 0.0484. The molecule has 168 valence electrons. The Hall–Kier alpha value is -3.93. The molecule has 0 saturated carbocycles. The number of amides is 1. The molecular weight excluding hydrogens is 418 g/mol. The van der Waals surface area contributed by atoms with Gasteiger partial charge in [0.15, 0.2) is 12.4 Å². The third-order valence-corrected chi connectivity index (χ3v) is 5.51. The minimum absolute atomic E-state index is 0.0135. The summed E-state index contributed by atoms with van der Waals surface area (Å²) < 4.78 is 10.6. The molecule has 0 aromatic heterocycles. The molecule has 4 rings (SSSR count). The van der Waals surface area contributed by atoms with Crippen LogP contribution in [0, 0.1) is 0 Å². The van der Waals surface area contributed by atoms with Crippen LogP contribution in [0.5, 0.6) is 5.75 Å². The van der Waals surface area contributed by atoms with Gasteiger partial charge < -0.3 is 9.47 Å². The average Bonchev–Trinajstić information content (AvgIpc) is 2.85. The Bertz CT molecular complexity index is 1100. The lowest BCUT2D eigenvalue weighted by Crippen LogP contribution is -2.42. The lowest BCUT2D eigenvalue weighted by Gasteiger charge is -2.36. The number of Topliss-reactive ketones (excluding diaryl/α,β-unsaturated/α-hetero) is 1. The molecule has 0 N–H and O–H groups in total. The van der Waals surface area contributed by atoms with Crippen molar-refractivity contribution in [2.24, 2.45) is 0 Å². The second-order valence-corrected chi connectivity index (χ2v) is 7.69. The second kappa shape index (κ2) is 10.1. The number of esters is 1. The number of carbonyl (C=O) groups excluding carboxylic acids is 3. The van der Waals surface area contributed by atoms with Gasteiger partial charge in [0.25, 0.3) is 5.91 Å². The van der Waals surface area contributed by atoms with Gasteiger partial charge in [0.05, 0.1) is 24.8 Å². The van der Waals surface area contributed by atoms with Gasteiger partial charge in [0.1, 0.15) is 5.75 Å². The first-order chi connectivity index (χ1) is 16.1. The van der Waals surface area contributed by atoms with Crippen LogP contribution in [0.1, 0.15) is 47.3 Å². The first-order valence-electron chi connectivity index (χ1n) is 11.0. The highest BCUT2D eigenvalue weighted by Crippen LogP contribution is 2.41. The number of anilines is 1. The first-order valence-corrected chi connectivity index (χ1v) is 11.0. The summed E-state index contributed by atoms with van der Waals surface area (Å²) in [4.78, 5) is 39.3. The molecule has 6 heteroatoms. The molecule has 0 spiro atoms. The van der Waals surface area contributed by atoms with Gasteiger partial charge in [-0.15, -0.1) is 0 Å². The molecule has 0 aliphatic carbocycles. The van der Waals surface area contributed by atoms with E-state index in [1.807, 2.05) is 60.7 Å². The SMILES string of the molecule is CCOC(=O)CCC(=O)c1ccc2c(c1)N(C(c1ccccc1)c1ccccc1)C(=O)CO2. The zero-order chi connectivity index (χ0) is 23.2. The Labute approximate surface area is 192 Å². The minimum Gasteiger partial charge on any atom is -0.482 e. The third-order valence-electron chi connectivity index (χ3n) is 5.51. The fourth-order valence-electron chi connectivity index (χ4n) is 3.98. The second-order valence-electron chi connectivity index (χ2n) is 7.69. The van der Waals surface area contributed by atoms with Crippen LogP contribution in [-0.4, -0.2) is 30.9 Å². The highest BCUT2D eigenvalue weighted by Gasteiger charge is 2.34. The fraction of sp³-hybridized carbons (Fsp3) is 0.222. The van der Waals surface area contributed by atoms with E-state index in [-0.39, 0.29) is 43.8 Å². The summed E-state index contributed by atoms with van der Waals surface area (Å²) >= 11 is 0. The minimum atomic E-state index is -0.405. The lowest BCUT2D eigenvalue weighted by molar-refractivity contribution is -0.143. The molecule has 0 saturated heterocycles.